The Hall–Kier alpha value is -0.120. The Kier molecular flexibility index (Phi) is 5.32. The first-order valence-corrected chi connectivity index (χ1v) is 4.83. The second-order valence-corrected chi connectivity index (χ2v) is 3.35. The normalized spacial score (nSPS) is 16.8. The molecule has 0 unspecified atom stereocenters. The smallest absolute Gasteiger partial charge is 0.0555 e. The lowest BCUT2D eigenvalue weighted by molar-refractivity contribution is 0.122. The molecule has 0 aromatic heterocycles. The SMILES string of the molecule is OCCNCCCOCC1CC1. The topological polar surface area (TPSA) is 41.5 Å². The van der Waals surface area contributed by atoms with Crippen LogP contribution < -0.4 is 5.32 Å². The van der Waals surface area contributed by atoms with Crippen molar-refractivity contribution in [2.75, 3.05) is 32.9 Å². The third kappa shape index (κ3) is 5.52. The fourth-order valence-corrected chi connectivity index (χ4v) is 1.04. The highest BCUT2D eigenvalue weighted by Crippen LogP contribution is 2.28. The van der Waals surface area contributed by atoms with Crippen molar-refractivity contribution in [2.24, 2.45) is 5.92 Å². The summed E-state index contributed by atoms with van der Waals surface area (Å²) in [6.45, 7) is 3.69. The predicted molar refractivity (Wildman–Crippen MR) is 48.1 cm³/mol. The average molecular weight is 173 g/mol. The van der Waals surface area contributed by atoms with Gasteiger partial charge in [-0.25, -0.2) is 0 Å². The lowest BCUT2D eigenvalue weighted by Gasteiger charge is -2.03. The van der Waals surface area contributed by atoms with Crippen molar-refractivity contribution in [1.29, 1.82) is 0 Å². The molecule has 3 nitrogen and oxygen atoms in total. The number of rotatable bonds is 8. The molecule has 0 atom stereocenters. The monoisotopic (exact) mass is 173 g/mol. The molecule has 0 aromatic rings. The van der Waals surface area contributed by atoms with Gasteiger partial charge in [-0.2, -0.15) is 0 Å². The van der Waals surface area contributed by atoms with Crippen LogP contribution in [-0.2, 0) is 4.74 Å². The molecule has 0 radical (unpaired) electrons. The second kappa shape index (κ2) is 6.40. The summed E-state index contributed by atoms with van der Waals surface area (Å²) in [5.74, 6) is 0.871. The van der Waals surface area contributed by atoms with Crippen molar-refractivity contribution in [1.82, 2.24) is 5.32 Å². The first kappa shape index (κ1) is 9.96. The van der Waals surface area contributed by atoms with Gasteiger partial charge in [-0.1, -0.05) is 0 Å². The molecule has 0 bridgehead atoms. The maximum Gasteiger partial charge on any atom is 0.0555 e. The fourth-order valence-electron chi connectivity index (χ4n) is 1.04. The minimum atomic E-state index is 0.225. The van der Waals surface area contributed by atoms with Gasteiger partial charge in [-0.15, -0.1) is 0 Å². The molecule has 0 aromatic carbocycles. The third-order valence-corrected chi connectivity index (χ3v) is 1.98. The van der Waals surface area contributed by atoms with Gasteiger partial charge in [-0.05, 0) is 31.7 Å². The van der Waals surface area contributed by atoms with E-state index in [1.807, 2.05) is 0 Å². The molecule has 2 N–H and O–H groups in total. The van der Waals surface area contributed by atoms with Gasteiger partial charge < -0.3 is 15.2 Å². The summed E-state index contributed by atoms with van der Waals surface area (Å²) in [5, 5.41) is 11.6. The van der Waals surface area contributed by atoms with Crippen LogP contribution in [0.25, 0.3) is 0 Å². The van der Waals surface area contributed by atoms with Crippen LogP contribution in [0.1, 0.15) is 19.3 Å². The molecule has 1 aliphatic carbocycles. The first-order valence-electron chi connectivity index (χ1n) is 4.83. The lowest BCUT2D eigenvalue weighted by atomic mass is 10.4. The highest BCUT2D eigenvalue weighted by molar-refractivity contribution is 4.71. The van der Waals surface area contributed by atoms with Crippen molar-refractivity contribution in [2.45, 2.75) is 19.3 Å². The zero-order valence-corrected chi connectivity index (χ0v) is 7.59. The molecule has 1 rings (SSSR count). The van der Waals surface area contributed by atoms with E-state index in [1.165, 1.54) is 12.8 Å². The average Bonchev–Trinajstić information content (AvgIpc) is 2.87. The quantitative estimate of drug-likeness (QED) is 0.522. The Bertz CT molecular complexity index is 105. The van der Waals surface area contributed by atoms with E-state index in [-0.39, 0.29) is 6.61 Å². The molecule has 1 saturated carbocycles. The summed E-state index contributed by atoms with van der Waals surface area (Å²) < 4.78 is 5.44. The standard InChI is InChI=1S/C9H19NO2/c11-6-5-10-4-1-7-12-8-9-2-3-9/h9-11H,1-8H2. The van der Waals surface area contributed by atoms with E-state index in [4.69, 9.17) is 9.84 Å². The van der Waals surface area contributed by atoms with E-state index in [0.29, 0.717) is 6.54 Å². The minimum absolute atomic E-state index is 0.225. The van der Waals surface area contributed by atoms with Gasteiger partial charge in [0, 0.05) is 19.8 Å². The van der Waals surface area contributed by atoms with Gasteiger partial charge in [0.15, 0.2) is 0 Å². The number of aliphatic hydroxyl groups is 1. The molecule has 0 amide bonds. The zero-order chi connectivity index (χ0) is 8.65. The van der Waals surface area contributed by atoms with Crippen LogP contribution >= 0.6 is 0 Å². The molecule has 0 aliphatic heterocycles. The molecule has 1 fully saturated rings. The molecule has 0 spiro atoms. The third-order valence-electron chi connectivity index (χ3n) is 1.98. The van der Waals surface area contributed by atoms with E-state index in [0.717, 1.165) is 32.1 Å². The van der Waals surface area contributed by atoms with Gasteiger partial charge in [0.1, 0.15) is 0 Å². The van der Waals surface area contributed by atoms with Crippen molar-refractivity contribution < 1.29 is 9.84 Å². The van der Waals surface area contributed by atoms with Gasteiger partial charge >= 0.3 is 0 Å². The molecule has 3 heteroatoms. The number of hydrogen-bond donors (Lipinski definition) is 2. The van der Waals surface area contributed by atoms with Crippen LogP contribution in [-0.4, -0.2) is 38.0 Å². The van der Waals surface area contributed by atoms with Crippen LogP contribution in [0.4, 0.5) is 0 Å². The fraction of sp³-hybridized carbons (Fsp3) is 1.00. The lowest BCUT2D eigenvalue weighted by Crippen LogP contribution is -2.20. The number of hydrogen-bond acceptors (Lipinski definition) is 3. The molecular weight excluding hydrogens is 154 g/mol. The van der Waals surface area contributed by atoms with Crippen molar-refractivity contribution in [3.05, 3.63) is 0 Å². The summed E-state index contributed by atoms with van der Waals surface area (Å²) >= 11 is 0. The highest BCUT2D eigenvalue weighted by atomic mass is 16.5. The van der Waals surface area contributed by atoms with Crippen molar-refractivity contribution in [3.8, 4) is 0 Å². The van der Waals surface area contributed by atoms with Crippen molar-refractivity contribution >= 4 is 0 Å². The Morgan fingerprint density at radius 3 is 2.83 bits per heavy atom. The molecular formula is C9H19NO2. The maximum atomic E-state index is 8.46. The Morgan fingerprint density at radius 2 is 2.17 bits per heavy atom. The van der Waals surface area contributed by atoms with E-state index in [9.17, 15) is 0 Å². The van der Waals surface area contributed by atoms with Crippen molar-refractivity contribution in [3.63, 3.8) is 0 Å². The molecule has 72 valence electrons. The van der Waals surface area contributed by atoms with E-state index in [1.54, 1.807) is 0 Å². The molecule has 1 aliphatic rings. The zero-order valence-electron chi connectivity index (χ0n) is 7.59. The largest absolute Gasteiger partial charge is 0.395 e. The Morgan fingerprint density at radius 1 is 1.33 bits per heavy atom. The Labute approximate surface area is 74.1 Å². The van der Waals surface area contributed by atoms with Crippen LogP contribution in [0.2, 0.25) is 0 Å². The molecule has 0 heterocycles. The van der Waals surface area contributed by atoms with Crippen LogP contribution in [0.3, 0.4) is 0 Å². The minimum Gasteiger partial charge on any atom is -0.395 e. The summed E-state index contributed by atoms with van der Waals surface area (Å²) in [6.07, 6.45) is 3.78. The summed E-state index contributed by atoms with van der Waals surface area (Å²) in [7, 11) is 0. The van der Waals surface area contributed by atoms with E-state index < -0.39 is 0 Å². The first-order chi connectivity index (χ1) is 5.93. The number of ether oxygens (including phenoxy) is 1. The van der Waals surface area contributed by atoms with Gasteiger partial charge in [0.25, 0.3) is 0 Å². The van der Waals surface area contributed by atoms with Gasteiger partial charge in [-0.3, -0.25) is 0 Å². The number of nitrogens with one attached hydrogen (secondary N) is 1. The number of aliphatic hydroxyl groups excluding tert-OH is 1. The van der Waals surface area contributed by atoms with E-state index >= 15 is 0 Å². The van der Waals surface area contributed by atoms with Crippen LogP contribution in [0.5, 0.6) is 0 Å². The van der Waals surface area contributed by atoms with Gasteiger partial charge in [0.2, 0.25) is 0 Å². The highest BCUT2D eigenvalue weighted by Gasteiger charge is 2.20. The second-order valence-electron chi connectivity index (χ2n) is 3.35. The van der Waals surface area contributed by atoms with Crippen LogP contribution in [0.15, 0.2) is 0 Å². The maximum absolute atomic E-state index is 8.46. The van der Waals surface area contributed by atoms with Crippen LogP contribution in [0, 0.1) is 5.92 Å². The van der Waals surface area contributed by atoms with Gasteiger partial charge in [0.05, 0.1) is 6.61 Å². The summed E-state index contributed by atoms with van der Waals surface area (Å²) in [6, 6.07) is 0. The Balaban J connectivity index is 1.65. The molecule has 12 heavy (non-hydrogen) atoms. The summed E-state index contributed by atoms with van der Waals surface area (Å²) in [5.41, 5.74) is 0. The predicted octanol–water partition coefficient (Wildman–Crippen LogP) is 0.385. The summed E-state index contributed by atoms with van der Waals surface area (Å²) in [4.78, 5) is 0. The molecule has 0 saturated heterocycles. The van der Waals surface area contributed by atoms with E-state index in [2.05, 4.69) is 5.32 Å².